The molecule has 0 spiro atoms. The van der Waals surface area contributed by atoms with E-state index in [2.05, 4.69) is 22.5 Å². The number of aromatic nitrogens is 2. The topological polar surface area (TPSA) is 102 Å². The number of nitrogens with two attached hydrogens (primary N) is 1. The van der Waals surface area contributed by atoms with Gasteiger partial charge in [-0.3, -0.25) is 4.79 Å². The van der Waals surface area contributed by atoms with E-state index in [1.807, 2.05) is 0 Å². The Hall–Kier alpha value is -2.44. The summed E-state index contributed by atoms with van der Waals surface area (Å²) in [6, 6.07) is 1.89. The third kappa shape index (κ3) is 2.54. The van der Waals surface area contributed by atoms with Crippen LogP contribution in [0.1, 0.15) is 43.0 Å². The highest BCUT2D eigenvalue weighted by Gasteiger charge is 2.24. The van der Waals surface area contributed by atoms with Gasteiger partial charge in [0.1, 0.15) is 5.69 Å². The molecule has 0 aromatic carbocycles. The maximum Gasteiger partial charge on any atom is 0.252 e. The Morgan fingerprint density at radius 2 is 2.23 bits per heavy atom. The Kier molecular flexibility index (Phi) is 3.79. The normalized spacial score (nSPS) is 21.7. The molecule has 1 fully saturated rings. The van der Waals surface area contributed by atoms with Crippen molar-refractivity contribution in [1.29, 1.82) is 0 Å². The van der Waals surface area contributed by atoms with E-state index in [0.717, 1.165) is 19.3 Å². The molecule has 2 aromatic heterocycles. The summed E-state index contributed by atoms with van der Waals surface area (Å²) in [5.74, 6) is -0.0240. The molecule has 7 heteroatoms. The first-order chi connectivity index (χ1) is 10.6. The summed E-state index contributed by atoms with van der Waals surface area (Å²) in [6.45, 7) is 2.20. The van der Waals surface area contributed by atoms with Crippen LogP contribution in [0.15, 0.2) is 23.6 Å². The summed E-state index contributed by atoms with van der Waals surface area (Å²) >= 11 is 0. The summed E-state index contributed by atoms with van der Waals surface area (Å²) in [4.78, 5) is 22.5. The number of nitrogens with one attached hydrogen (secondary N) is 1. The van der Waals surface area contributed by atoms with Crippen molar-refractivity contribution in [1.82, 2.24) is 9.61 Å². The minimum Gasteiger partial charge on any atom is -0.380 e. The molecule has 3 rings (SSSR count). The molecular formula is C15H19N5O2. The molecule has 22 heavy (non-hydrogen) atoms. The second kappa shape index (κ2) is 5.75. The number of nitroso groups, excluding NO2 is 1. The monoisotopic (exact) mass is 301 g/mol. The van der Waals surface area contributed by atoms with Gasteiger partial charge >= 0.3 is 0 Å². The Labute approximate surface area is 127 Å². The van der Waals surface area contributed by atoms with E-state index >= 15 is 0 Å². The fourth-order valence-electron chi connectivity index (χ4n) is 3.15. The van der Waals surface area contributed by atoms with Crippen molar-refractivity contribution in [3.8, 4) is 0 Å². The highest BCUT2D eigenvalue weighted by atomic mass is 16.3. The quantitative estimate of drug-likeness (QED) is 0.847. The lowest BCUT2D eigenvalue weighted by Gasteiger charge is -2.31. The molecule has 0 radical (unpaired) electrons. The molecule has 3 N–H and O–H groups in total. The third-order valence-electron chi connectivity index (χ3n) is 4.43. The molecule has 2 aromatic rings. The maximum atomic E-state index is 11.7. The number of hydrogen-bond acceptors (Lipinski definition) is 5. The fraction of sp³-hybridized carbons (Fsp3) is 0.467. The van der Waals surface area contributed by atoms with Crippen LogP contribution in [-0.4, -0.2) is 21.6 Å². The molecule has 2 heterocycles. The molecule has 0 saturated heterocycles. The van der Waals surface area contributed by atoms with Crippen LogP contribution < -0.4 is 11.1 Å². The molecule has 116 valence electrons. The predicted octanol–water partition coefficient (Wildman–Crippen LogP) is 2.82. The Morgan fingerprint density at radius 1 is 1.45 bits per heavy atom. The zero-order valence-electron chi connectivity index (χ0n) is 12.5. The minimum absolute atomic E-state index is 0.272. The largest absolute Gasteiger partial charge is 0.380 e. The second-order valence-electron chi connectivity index (χ2n) is 5.93. The number of amides is 1. The number of anilines is 1. The summed E-state index contributed by atoms with van der Waals surface area (Å²) in [5.41, 5.74) is 7.36. The van der Waals surface area contributed by atoms with E-state index < -0.39 is 5.91 Å². The molecule has 1 aliphatic rings. The van der Waals surface area contributed by atoms with Crippen LogP contribution in [-0.2, 0) is 0 Å². The summed E-state index contributed by atoms with van der Waals surface area (Å²) in [5, 5.41) is 10.5. The first kappa shape index (κ1) is 14.5. The Bertz CT molecular complexity index is 724. The fourth-order valence-corrected chi connectivity index (χ4v) is 3.15. The van der Waals surface area contributed by atoms with Gasteiger partial charge in [0.05, 0.1) is 29.2 Å². The summed E-state index contributed by atoms with van der Waals surface area (Å²) in [7, 11) is 0. The van der Waals surface area contributed by atoms with E-state index in [0.29, 0.717) is 22.7 Å². The molecule has 1 saturated carbocycles. The molecule has 1 aliphatic carbocycles. The average molecular weight is 301 g/mol. The number of carbonyl (C=O) groups excluding carboxylic acids is 1. The number of primary amides is 1. The third-order valence-corrected chi connectivity index (χ3v) is 4.43. The number of nitrogens with zero attached hydrogens (tertiary/aromatic N) is 3. The van der Waals surface area contributed by atoms with Crippen LogP contribution in [0.4, 0.5) is 11.4 Å². The van der Waals surface area contributed by atoms with E-state index in [1.165, 1.54) is 18.8 Å². The standard InChI is InChI=1S/C15H19N5O2/c1-9-4-2-3-5-12(9)18-14-11(15(16)21)7-17-20-8-10(19-22)6-13(14)20/h6-9,12,18H,2-5H2,1H3,(H2,16,21). The second-order valence-corrected chi connectivity index (χ2v) is 5.93. The molecule has 7 nitrogen and oxygen atoms in total. The van der Waals surface area contributed by atoms with Gasteiger partial charge < -0.3 is 11.1 Å². The first-order valence-electron chi connectivity index (χ1n) is 7.51. The summed E-state index contributed by atoms with van der Waals surface area (Å²) in [6.07, 6.45) is 7.57. The molecule has 2 atom stereocenters. The smallest absolute Gasteiger partial charge is 0.252 e. The van der Waals surface area contributed by atoms with Gasteiger partial charge in [0.25, 0.3) is 5.91 Å². The average Bonchev–Trinajstić information content (AvgIpc) is 2.93. The first-order valence-corrected chi connectivity index (χ1v) is 7.51. The van der Waals surface area contributed by atoms with Gasteiger partial charge in [-0.05, 0) is 30.0 Å². The van der Waals surface area contributed by atoms with Crippen molar-refractivity contribution in [2.75, 3.05) is 5.32 Å². The van der Waals surface area contributed by atoms with Crippen molar-refractivity contribution >= 4 is 22.8 Å². The van der Waals surface area contributed by atoms with E-state index in [9.17, 15) is 9.70 Å². The molecule has 1 amide bonds. The SMILES string of the molecule is CC1CCCCC1Nc1c(C(N)=O)cnn2cc(N=O)cc12. The lowest BCUT2D eigenvalue weighted by atomic mass is 9.85. The zero-order chi connectivity index (χ0) is 15.7. The lowest BCUT2D eigenvalue weighted by Crippen LogP contribution is -2.31. The van der Waals surface area contributed by atoms with Gasteiger partial charge in [-0.15, -0.1) is 4.91 Å². The van der Waals surface area contributed by atoms with E-state index in [-0.39, 0.29) is 11.7 Å². The molecular weight excluding hydrogens is 282 g/mol. The van der Waals surface area contributed by atoms with Crippen LogP contribution in [0.2, 0.25) is 0 Å². The predicted molar refractivity (Wildman–Crippen MR) is 84.2 cm³/mol. The van der Waals surface area contributed by atoms with Gasteiger partial charge in [-0.1, -0.05) is 19.8 Å². The van der Waals surface area contributed by atoms with Crippen molar-refractivity contribution in [3.63, 3.8) is 0 Å². The van der Waals surface area contributed by atoms with Crippen LogP contribution in [0.25, 0.3) is 5.52 Å². The number of hydrogen-bond donors (Lipinski definition) is 2. The van der Waals surface area contributed by atoms with Crippen molar-refractivity contribution in [3.05, 3.63) is 28.9 Å². The van der Waals surface area contributed by atoms with Gasteiger partial charge in [-0.25, -0.2) is 4.52 Å². The van der Waals surface area contributed by atoms with Crippen molar-refractivity contribution < 1.29 is 4.79 Å². The number of fused-ring (bicyclic) bond motifs is 1. The zero-order valence-corrected chi connectivity index (χ0v) is 12.5. The van der Waals surface area contributed by atoms with E-state index in [1.54, 1.807) is 10.6 Å². The number of carbonyl (C=O) groups is 1. The van der Waals surface area contributed by atoms with Crippen LogP contribution >= 0.6 is 0 Å². The molecule has 0 bridgehead atoms. The molecule has 0 aliphatic heterocycles. The molecule has 2 unspecified atom stereocenters. The van der Waals surface area contributed by atoms with Gasteiger partial charge in [0, 0.05) is 6.04 Å². The maximum absolute atomic E-state index is 11.7. The van der Waals surface area contributed by atoms with Crippen LogP contribution in [0.3, 0.4) is 0 Å². The van der Waals surface area contributed by atoms with Gasteiger partial charge in [0.15, 0.2) is 0 Å². The Balaban J connectivity index is 2.07. The lowest BCUT2D eigenvalue weighted by molar-refractivity contribution is 0.100. The minimum atomic E-state index is -0.539. The van der Waals surface area contributed by atoms with Crippen LogP contribution in [0, 0.1) is 10.8 Å². The van der Waals surface area contributed by atoms with Gasteiger partial charge in [-0.2, -0.15) is 5.10 Å². The number of rotatable bonds is 4. The van der Waals surface area contributed by atoms with Crippen LogP contribution in [0.5, 0.6) is 0 Å². The van der Waals surface area contributed by atoms with Gasteiger partial charge in [0.2, 0.25) is 0 Å². The van der Waals surface area contributed by atoms with Crippen molar-refractivity contribution in [2.24, 2.45) is 16.8 Å². The summed E-state index contributed by atoms with van der Waals surface area (Å²) < 4.78 is 1.54. The Morgan fingerprint density at radius 3 is 2.91 bits per heavy atom. The highest BCUT2D eigenvalue weighted by Crippen LogP contribution is 2.31. The highest BCUT2D eigenvalue weighted by molar-refractivity contribution is 6.02. The van der Waals surface area contributed by atoms with E-state index in [4.69, 9.17) is 5.73 Å². The van der Waals surface area contributed by atoms with Crippen molar-refractivity contribution in [2.45, 2.75) is 38.6 Å².